The number of nitrogens with zero attached hydrogens (tertiary/aromatic N) is 3. The van der Waals surface area contributed by atoms with E-state index in [9.17, 15) is 26.3 Å². The molecule has 12 heteroatoms. The van der Waals surface area contributed by atoms with Crippen LogP contribution in [0.25, 0.3) is 0 Å². The second kappa shape index (κ2) is 15.5. The number of aliphatic imine (C=N–C) groups is 1. The number of benzene rings is 1. The summed E-state index contributed by atoms with van der Waals surface area (Å²) in [4.78, 5) is 15.8. The Hall–Kier alpha value is -2.63. The van der Waals surface area contributed by atoms with Crippen molar-refractivity contribution >= 4 is 18.6 Å². The van der Waals surface area contributed by atoms with Crippen molar-refractivity contribution in [2.45, 2.75) is 84.4 Å². The number of hydrogen-bond donors (Lipinski definition) is 2. The Kier molecular flexibility index (Phi) is 14.3. The van der Waals surface area contributed by atoms with E-state index in [0.29, 0.717) is 25.1 Å². The molecule has 1 aliphatic heterocycles. The number of carbonyl (C=O) groups is 1. The zero-order valence-corrected chi connectivity index (χ0v) is 21.2. The minimum atomic E-state index is -4.91. The molecule has 1 heterocycles. The third-order valence-electron chi connectivity index (χ3n) is 5.60. The van der Waals surface area contributed by atoms with Crippen LogP contribution in [0.2, 0.25) is 0 Å². The molecule has 1 saturated heterocycles. The molecule has 1 aromatic rings. The summed E-state index contributed by atoms with van der Waals surface area (Å²) < 4.78 is 78.9. The molecule has 6 nitrogen and oxygen atoms in total. The lowest BCUT2D eigenvalue weighted by molar-refractivity contribution is -0.143. The van der Waals surface area contributed by atoms with Gasteiger partial charge in [0.2, 0.25) is 5.96 Å². The molecule has 0 saturated carbocycles. The van der Waals surface area contributed by atoms with Crippen molar-refractivity contribution in [2.24, 2.45) is 4.99 Å². The summed E-state index contributed by atoms with van der Waals surface area (Å²) in [6.45, 7) is 7.99. The van der Waals surface area contributed by atoms with Crippen LogP contribution in [0.3, 0.4) is 0 Å². The quantitative estimate of drug-likeness (QED) is 0.198. The molecule has 0 aromatic heterocycles. The van der Waals surface area contributed by atoms with Gasteiger partial charge in [-0.1, -0.05) is 33.6 Å². The predicted molar refractivity (Wildman–Crippen MR) is 128 cm³/mol. The lowest BCUT2D eigenvalue weighted by Crippen LogP contribution is -2.40. The highest BCUT2D eigenvalue weighted by atomic mass is 19.4. The second-order valence-corrected chi connectivity index (χ2v) is 8.25. The summed E-state index contributed by atoms with van der Waals surface area (Å²) in [6, 6.07) is 1.53. The highest BCUT2D eigenvalue weighted by Gasteiger charge is 2.38. The molecule has 1 unspecified atom stereocenters. The van der Waals surface area contributed by atoms with E-state index in [1.54, 1.807) is 6.92 Å². The van der Waals surface area contributed by atoms with Gasteiger partial charge < -0.3 is 14.9 Å². The van der Waals surface area contributed by atoms with Crippen molar-refractivity contribution in [3.05, 3.63) is 34.9 Å². The molecule has 2 N–H and O–H groups in total. The largest absolute Gasteiger partial charge is 0.483 e. The summed E-state index contributed by atoms with van der Waals surface area (Å²) in [6.07, 6.45) is -4.29. The molecule has 2 rings (SSSR count). The van der Waals surface area contributed by atoms with Gasteiger partial charge in [0.05, 0.1) is 11.1 Å². The van der Waals surface area contributed by atoms with E-state index in [4.69, 9.17) is 15.3 Å². The normalized spacial score (nSPS) is 18.2. The molecule has 1 aromatic carbocycles. The smallest absolute Gasteiger partial charge is 0.416 e. The fraction of sp³-hybridized carbons (Fsp3) is 0.625. The average molecular weight is 527 g/mol. The minimum Gasteiger partial charge on any atom is -0.483 e. The molecule has 36 heavy (non-hydrogen) atoms. The number of likely N-dealkylation sites (N-methyl/N-ethyl adjacent to an activating group) is 1. The zero-order chi connectivity index (χ0) is 28.1. The monoisotopic (exact) mass is 526 g/mol. The van der Waals surface area contributed by atoms with Crippen LogP contribution in [0.15, 0.2) is 23.2 Å². The van der Waals surface area contributed by atoms with Crippen molar-refractivity contribution in [1.82, 2.24) is 9.80 Å². The van der Waals surface area contributed by atoms with Crippen LogP contribution in [0.1, 0.15) is 70.1 Å². The Morgan fingerprint density at radius 3 is 1.92 bits per heavy atom. The summed E-state index contributed by atoms with van der Waals surface area (Å²) in [7, 11) is 1.91. The van der Waals surface area contributed by atoms with Gasteiger partial charge in [0.1, 0.15) is 0 Å². The van der Waals surface area contributed by atoms with E-state index < -0.39 is 23.5 Å². The molecule has 0 bridgehead atoms. The number of carboxylic acid groups (broad SMARTS) is 1. The van der Waals surface area contributed by atoms with E-state index in [2.05, 4.69) is 23.7 Å². The number of guanidine groups is 1. The first-order chi connectivity index (χ1) is 16.7. The molecule has 1 fully saturated rings. The summed E-state index contributed by atoms with van der Waals surface area (Å²) >= 11 is 0. The SMILES string of the molecule is C/C=N\C(=N)N(Cc1cc(C(F)(F)F)cc(C(F)(F)F)c1)C1C[C@@H](CC)N(C)C1.CCCC.O=CO. The number of likely N-dealkylation sites (tertiary alicyclic amines) is 1. The van der Waals surface area contributed by atoms with Gasteiger partial charge in [0.15, 0.2) is 0 Å². The molecule has 206 valence electrons. The third kappa shape index (κ3) is 11.0. The van der Waals surface area contributed by atoms with E-state index >= 15 is 0 Å². The lowest BCUT2D eigenvalue weighted by atomic mass is 10.0. The van der Waals surface area contributed by atoms with Gasteiger partial charge in [0, 0.05) is 31.4 Å². The lowest BCUT2D eigenvalue weighted by Gasteiger charge is -2.29. The predicted octanol–water partition coefficient (Wildman–Crippen LogP) is 6.54. The fourth-order valence-corrected chi connectivity index (χ4v) is 3.63. The number of unbranched alkanes of at least 4 members (excludes halogenated alkanes) is 1. The average Bonchev–Trinajstić information content (AvgIpc) is 3.17. The Morgan fingerprint density at radius 2 is 1.58 bits per heavy atom. The van der Waals surface area contributed by atoms with Crippen molar-refractivity contribution in [3.8, 4) is 0 Å². The molecule has 0 radical (unpaired) electrons. The van der Waals surface area contributed by atoms with Crippen LogP contribution in [0, 0.1) is 5.41 Å². The van der Waals surface area contributed by atoms with Crippen LogP contribution in [-0.2, 0) is 23.7 Å². The van der Waals surface area contributed by atoms with Crippen molar-refractivity contribution in [3.63, 3.8) is 0 Å². The topological polar surface area (TPSA) is 80.0 Å². The van der Waals surface area contributed by atoms with Crippen molar-refractivity contribution < 1.29 is 36.2 Å². The number of alkyl halides is 6. The zero-order valence-electron chi connectivity index (χ0n) is 21.2. The Morgan fingerprint density at radius 1 is 1.11 bits per heavy atom. The molecule has 0 spiro atoms. The van der Waals surface area contributed by atoms with Crippen molar-refractivity contribution in [2.75, 3.05) is 13.6 Å². The maximum Gasteiger partial charge on any atom is 0.416 e. The fourth-order valence-electron chi connectivity index (χ4n) is 3.63. The molecule has 2 atom stereocenters. The molecule has 1 aliphatic rings. The van der Waals surface area contributed by atoms with E-state index in [0.717, 1.165) is 6.42 Å². The summed E-state index contributed by atoms with van der Waals surface area (Å²) in [5.41, 5.74) is -2.88. The minimum absolute atomic E-state index is 0.111. The standard InChI is InChI=1S/C19H24F6N4.C4H10.CH2O2/c1-4-15-9-16(11-28(15)3)29(17(26)27-5-2)10-12-6-13(18(20,21)22)8-14(7-12)19(23,24)25;1-3-4-2;2-1-3/h5-8,15-16,26H,4,9-11H2,1-3H3;3-4H2,1-2H3;1H,(H,2,3)/b26-17?,27-5-;;/t15-,16?;;/m1../s1. The Labute approximate surface area is 208 Å². The van der Waals surface area contributed by atoms with Gasteiger partial charge in [-0.3, -0.25) is 10.2 Å². The summed E-state index contributed by atoms with van der Waals surface area (Å²) in [5.74, 6) is -0.186. The Bertz CT molecular complexity index is 809. The van der Waals surface area contributed by atoms with Gasteiger partial charge in [0.25, 0.3) is 6.47 Å². The van der Waals surface area contributed by atoms with E-state index in [1.807, 2.05) is 14.0 Å². The van der Waals surface area contributed by atoms with Crippen molar-refractivity contribution in [1.29, 1.82) is 5.41 Å². The van der Waals surface area contributed by atoms with Gasteiger partial charge in [-0.2, -0.15) is 26.3 Å². The number of nitrogens with one attached hydrogen (secondary N) is 1. The molecular weight excluding hydrogens is 490 g/mol. The van der Waals surface area contributed by atoms with Crippen LogP contribution >= 0.6 is 0 Å². The maximum atomic E-state index is 13.1. The molecule has 0 aliphatic carbocycles. The maximum absolute atomic E-state index is 13.1. The first-order valence-corrected chi connectivity index (χ1v) is 11.6. The third-order valence-corrected chi connectivity index (χ3v) is 5.60. The van der Waals surface area contributed by atoms with Crippen LogP contribution in [0.4, 0.5) is 26.3 Å². The second-order valence-electron chi connectivity index (χ2n) is 8.25. The number of halogens is 6. The highest BCUT2D eigenvalue weighted by Crippen LogP contribution is 2.37. The number of rotatable bonds is 5. The summed E-state index contributed by atoms with van der Waals surface area (Å²) in [5, 5.41) is 15.1. The Balaban J connectivity index is 0.00000155. The van der Waals surface area contributed by atoms with Gasteiger partial charge in [-0.05, 0) is 50.6 Å². The van der Waals surface area contributed by atoms with Gasteiger partial charge >= 0.3 is 12.4 Å². The molecule has 0 amide bonds. The van der Waals surface area contributed by atoms with E-state index in [-0.39, 0.29) is 42.7 Å². The molecular formula is C24H36F6N4O2. The van der Waals surface area contributed by atoms with Crippen LogP contribution < -0.4 is 0 Å². The number of hydrogen-bond acceptors (Lipinski definition) is 3. The highest BCUT2D eigenvalue weighted by molar-refractivity contribution is 5.85. The first kappa shape index (κ1) is 33.4. The van der Waals surface area contributed by atoms with Gasteiger partial charge in [-0.15, -0.1) is 0 Å². The van der Waals surface area contributed by atoms with Crippen LogP contribution in [0.5, 0.6) is 0 Å². The van der Waals surface area contributed by atoms with Gasteiger partial charge in [-0.25, -0.2) is 4.99 Å². The first-order valence-electron chi connectivity index (χ1n) is 11.6. The van der Waals surface area contributed by atoms with E-state index in [1.165, 1.54) is 24.0 Å². The van der Waals surface area contributed by atoms with Crippen LogP contribution in [-0.4, -0.2) is 59.2 Å².